The summed E-state index contributed by atoms with van der Waals surface area (Å²) in [5.41, 5.74) is 1.68. The first kappa shape index (κ1) is 19.7. The third kappa shape index (κ3) is 7.31. The lowest BCUT2D eigenvalue weighted by molar-refractivity contribution is -0.151. The molecule has 0 unspecified atom stereocenters. The molecule has 0 heterocycles. The molecule has 1 aromatic carbocycles. The summed E-state index contributed by atoms with van der Waals surface area (Å²) >= 11 is 0. The molecule has 0 aromatic heterocycles. The summed E-state index contributed by atoms with van der Waals surface area (Å²) in [7, 11) is 0. The maximum atomic E-state index is 12.0. The Balaban J connectivity index is 2.51. The minimum atomic E-state index is -0.434. The Labute approximate surface area is 144 Å². The van der Waals surface area contributed by atoms with E-state index in [0.717, 1.165) is 11.1 Å². The van der Waals surface area contributed by atoms with Crippen LogP contribution >= 0.6 is 0 Å². The summed E-state index contributed by atoms with van der Waals surface area (Å²) in [6.45, 7) is 12.2. The van der Waals surface area contributed by atoms with Crippen molar-refractivity contribution < 1.29 is 19.1 Å². The van der Waals surface area contributed by atoms with E-state index in [4.69, 9.17) is 9.47 Å². The third-order valence-corrected chi connectivity index (χ3v) is 3.17. The van der Waals surface area contributed by atoms with E-state index in [0.29, 0.717) is 18.8 Å². The van der Waals surface area contributed by atoms with Crippen LogP contribution in [0.15, 0.2) is 36.4 Å². The Morgan fingerprint density at radius 1 is 1.29 bits per heavy atom. The van der Waals surface area contributed by atoms with E-state index in [9.17, 15) is 9.59 Å². The molecule has 0 bridgehead atoms. The van der Waals surface area contributed by atoms with E-state index < -0.39 is 5.97 Å². The third-order valence-electron chi connectivity index (χ3n) is 3.17. The molecule has 0 aliphatic rings. The minimum Gasteiger partial charge on any atom is -0.491 e. The second kappa shape index (κ2) is 9.75. The molecule has 0 saturated heterocycles. The van der Waals surface area contributed by atoms with Crippen molar-refractivity contribution in [3.05, 3.63) is 42.0 Å². The number of hydrogen-bond acceptors (Lipinski definition) is 4. The number of amides is 1. The van der Waals surface area contributed by atoms with Crippen molar-refractivity contribution in [2.75, 3.05) is 19.7 Å². The fourth-order valence-electron chi connectivity index (χ4n) is 2.15. The molecular formula is C19H27NO4. The number of carbonyl (C=O) groups is 2. The molecular weight excluding hydrogens is 306 g/mol. The van der Waals surface area contributed by atoms with Crippen LogP contribution in [0.1, 0.15) is 33.3 Å². The van der Waals surface area contributed by atoms with Gasteiger partial charge in [0.2, 0.25) is 0 Å². The van der Waals surface area contributed by atoms with Crippen molar-refractivity contribution in [2.24, 2.45) is 0 Å². The van der Waals surface area contributed by atoms with Gasteiger partial charge in [-0.2, -0.15) is 0 Å². The molecule has 24 heavy (non-hydrogen) atoms. The van der Waals surface area contributed by atoms with Crippen LogP contribution in [0.2, 0.25) is 0 Å². The van der Waals surface area contributed by atoms with Crippen LogP contribution in [0.3, 0.4) is 0 Å². The van der Waals surface area contributed by atoms with Gasteiger partial charge in [0.25, 0.3) is 5.91 Å². The zero-order chi connectivity index (χ0) is 18.1. The van der Waals surface area contributed by atoms with Crippen molar-refractivity contribution in [2.45, 2.75) is 40.2 Å². The molecule has 0 aliphatic carbocycles. The SMILES string of the molecule is C=C(C)CN(CC)C(=O)COC(=O)Cc1cccc(OC(C)C)c1. The molecule has 132 valence electrons. The Bertz CT molecular complexity index is 580. The van der Waals surface area contributed by atoms with Gasteiger partial charge < -0.3 is 14.4 Å². The highest BCUT2D eigenvalue weighted by atomic mass is 16.5. The van der Waals surface area contributed by atoms with E-state index in [2.05, 4.69) is 6.58 Å². The van der Waals surface area contributed by atoms with Crippen LogP contribution in [0.5, 0.6) is 5.75 Å². The number of likely N-dealkylation sites (N-methyl/N-ethyl adjacent to an activating group) is 1. The lowest BCUT2D eigenvalue weighted by atomic mass is 10.1. The predicted octanol–water partition coefficient (Wildman–Crippen LogP) is 2.98. The van der Waals surface area contributed by atoms with Gasteiger partial charge in [-0.15, -0.1) is 0 Å². The Morgan fingerprint density at radius 2 is 2.00 bits per heavy atom. The van der Waals surface area contributed by atoms with Gasteiger partial charge in [0, 0.05) is 13.1 Å². The van der Waals surface area contributed by atoms with Gasteiger partial charge >= 0.3 is 5.97 Å². The molecule has 0 N–H and O–H groups in total. The van der Waals surface area contributed by atoms with Crippen LogP contribution in [0.25, 0.3) is 0 Å². The highest BCUT2D eigenvalue weighted by Gasteiger charge is 2.14. The minimum absolute atomic E-state index is 0.0677. The normalized spacial score (nSPS) is 10.4. The summed E-state index contributed by atoms with van der Waals surface area (Å²) < 4.78 is 10.7. The summed E-state index contributed by atoms with van der Waals surface area (Å²) in [5, 5.41) is 0. The van der Waals surface area contributed by atoms with Crippen LogP contribution in [0, 0.1) is 0 Å². The quantitative estimate of drug-likeness (QED) is 0.515. The number of esters is 1. The van der Waals surface area contributed by atoms with Gasteiger partial charge in [0.05, 0.1) is 12.5 Å². The van der Waals surface area contributed by atoms with E-state index >= 15 is 0 Å². The van der Waals surface area contributed by atoms with Crippen molar-refractivity contribution >= 4 is 11.9 Å². The van der Waals surface area contributed by atoms with Crippen molar-refractivity contribution in [1.82, 2.24) is 4.90 Å². The average molecular weight is 333 g/mol. The summed E-state index contributed by atoms with van der Waals surface area (Å²) in [6, 6.07) is 7.31. The first-order valence-electron chi connectivity index (χ1n) is 8.15. The topological polar surface area (TPSA) is 55.8 Å². The molecule has 1 rings (SSSR count). The standard InChI is InChI=1S/C19H27NO4/c1-6-20(12-14(2)3)18(21)13-23-19(22)11-16-8-7-9-17(10-16)24-15(4)5/h7-10,15H,2,6,11-13H2,1,3-5H3. The average Bonchev–Trinajstić information content (AvgIpc) is 2.49. The van der Waals surface area contributed by atoms with E-state index in [-0.39, 0.29) is 25.0 Å². The maximum absolute atomic E-state index is 12.0. The zero-order valence-electron chi connectivity index (χ0n) is 15.0. The maximum Gasteiger partial charge on any atom is 0.310 e. The van der Waals surface area contributed by atoms with Gasteiger partial charge in [-0.1, -0.05) is 24.3 Å². The second-order valence-corrected chi connectivity index (χ2v) is 6.02. The summed E-state index contributed by atoms with van der Waals surface area (Å²) in [5.74, 6) is 0.0622. The lowest BCUT2D eigenvalue weighted by Crippen LogP contribution is -2.35. The van der Waals surface area contributed by atoms with Crippen LogP contribution in [0.4, 0.5) is 0 Å². The molecule has 5 heteroatoms. The van der Waals surface area contributed by atoms with Crippen molar-refractivity contribution in [1.29, 1.82) is 0 Å². The number of nitrogens with zero attached hydrogens (tertiary/aromatic N) is 1. The Morgan fingerprint density at radius 3 is 2.58 bits per heavy atom. The lowest BCUT2D eigenvalue weighted by Gasteiger charge is -2.20. The predicted molar refractivity (Wildman–Crippen MR) is 93.9 cm³/mol. The number of hydrogen-bond donors (Lipinski definition) is 0. The highest BCUT2D eigenvalue weighted by Crippen LogP contribution is 2.15. The number of ether oxygens (including phenoxy) is 2. The molecule has 0 fully saturated rings. The van der Waals surface area contributed by atoms with Crippen LogP contribution < -0.4 is 4.74 Å². The first-order valence-corrected chi connectivity index (χ1v) is 8.15. The molecule has 0 aliphatic heterocycles. The van der Waals surface area contributed by atoms with Crippen LogP contribution in [-0.2, 0) is 20.7 Å². The summed E-state index contributed by atoms with van der Waals surface area (Å²) in [4.78, 5) is 25.6. The number of benzene rings is 1. The van der Waals surface area contributed by atoms with Crippen LogP contribution in [-0.4, -0.2) is 42.6 Å². The Hall–Kier alpha value is -2.30. The van der Waals surface area contributed by atoms with Crippen molar-refractivity contribution in [3.8, 4) is 5.75 Å². The van der Waals surface area contributed by atoms with Gasteiger partial charge in [0.15, 0.2) is 6.61 Å². The van der Waals surface area contributed by atoms with Crippen molar-refractivity contribution in [3.63, 3.8) is 0 Å². The fourth-order valence-corrected chi connectivity index (χ4v) is 2.15. The molecule has 5 nitrogen and oxygen atoms in total. The molecule has 1 amide bonds. The van der Waals surface area contributed by atoms with Gasteiger partial charge in [0.1, 0.15) is 5.75 Å². The van der Waals surface area contributed by atoms with E-state index in [1.807, 2.05) is 52.0 Å². The van der Waals surface area contributed by atoms with Gasteiger partial charge in [-0.05, 0) is 45.4 Å². The van der Waals surface area contributed by atoms with Gasteiger partial charge in [-0.3, -0.25) is 9.59 Å². The largest absolute Gasteiger partial charge is 0.491 e. The molecule has 0 radical (unpaired) electrons. The summed E-state index contributed by atoms with van der Waals surface area (Å²) in [6.07, 6.45) is 0.174. The number of rotatable bonds is 9. The fraction of sp³-hybridized carbons (Fsp3) is 0.474. The molecule has 0 atom stereocenters. The Kier molecular flexibility index (Phi) is 8.02. The second-order valence-electron chi connectivity index (χ2n) is 6.02. The highest BCUT2D eigenvalue weighted by molar-refractivity contribution is 5.81. The molecule has 0 spiro atoms. The van der Waals surface area contributed by atoms with E-state index in [1.54, 1.807) is 4.90 Å². The molecule has 1 aromatic rings. The van der Waals surface area contributed by atoms with Gasteiger partial charge in [-0.25, -0.2) is 0 Å². The smallest absolute Gasteiger partial charge is 0.310 e. The molecule has 0 saturated carbocycles. The monoisotopic (exact) mass is 333 g/mol. The number of carbonyl (C=O) groups excluding carboxylic acids is 2. The first-order chi connectivity index (χ1) is 11.3. The zero-order valence-corrected chi connectivity index (χ0v) is 15.0. The van der Waals surface area contributed by atoms with E-state index in [1.165, 1.54) is 0 Å².